The van der Waals surface area contributed by atoms with Crippen LogP contribution in [0, 0.1) is 0 Å². The summed E-state index contributed by atoms with van der Waals surface area (Å²) >= 11 is 5.81. The van der Waals surface area contributed by atoms with Gasteiger partial charge in [0.05, 0.1) is 6.21 Å². The molecule has 0 saturated carbocycles. The maximum absolute atomic E-state index is 12.1. The molecule has 3 aromatic carbocycles. The summed E-state index contributed by atoms with van der Waals surface area (Å²) in [4.78, 5) is 12.1. The summed E-state index contributed by atoms with van der Waals surface area (Å²) in [7, 11) is 0. The second-order valence-electron chi connectivity index (χ2n) is 4.81. The Bertz CT molecular complexity index is 841. The van der Waals surface area contributed by atoms with Gasteiger partial charge in [0.25, 0.3) is 5.91 Å². The van der Waals surface area contributed by atoms with Gasteiger partial charge in [-0.3, -0.25) is 4.79 Å². The Morgan fingerprint density at radius 1 is 0.955 bits per heavy atom. The fourth-order valence-electron chi connectivity index (χ4n) is 2.11. The first-order valence-electron chi connectivity index (χ1n) is 6.80. The van der Waals surface area contributed by atoms with Gasteiger partial charge in [0.15, 0.2) is 0 Å². The summed E-state index contributed by atoms with van der Waals surface area (Å²) in [5.74, 6) is -0.240. The number of amides is 1. The lowest BCUT2D eigenvalue weighted by atomic mass is 10.1. The highest BCUT2D eigenvalue weighted by molar-refractivity contribution is 6.30. The molecule has 3 aromatic rings. The van der Waals surface area contributed by atoms with Gasteiger partial charge in [-0.2, -0.15) is 5.10 Å². The van der Waals surface area contributed by atoms with Crippen LogP contribution in [0.25, 0.3) is 10.8 Å². The molecule has 0 radical (unpaired) electrons. The predicted molar refractivity (Wildman–Crippen MR) is 90.5 cm³/mol. The van der Waals surface area contributed by atoms with E-state index in [9.17, 15) is 4.79 Å². The van der Waals surface area contributed by atoms with Crippen molar-refractivity contribution in [3.8, 4) is 0 Å². The Hall–Kier alpha value is -2.65. The molecular weight excluding hydrogens is 296 g/mol. The summed E-state index contributed by atoms with van der Waals surface area (Å²) in [5, 5.41) is 6.75. The standard InChI is InChI=1S/C18H13ClN2O/c19-17-9-5-13(6-10-17)12-20-21-18(22)16-8-7-14-3-1-2-4-15(14)11-16/h1-12H,(H,21,22)/b20-12-. The molecule has 108 valence electrons. The van der Waals surface area contributed by atoms with E-state index in [1.165, 1.54) is 0 Å². The number of carbonyl (C=O) groups is 1. The maximum atomic E-state index is 12.1. The molecule has 0 saturated heterocycles. The quantitative estimate of drug-likeness (QED) is 0.570. The number of nitrogens with one attached hydrogen (secondary N) is 1. The number of hydrogen-bond donors (Lipinski definition) is 1. The van der Waals surface area contributed by atoms with Crippen LogP contribution in [-0.2, 0) is 0 Å². The zero-order chi connectivity index (χ0) is 15.4. The monoisotopic (exact) mass is 308 g/mol. The van der Waals surface area contributed by atoms with Crippen molar-refractivity contribution in [2.45, 2.75) is 0 Å². The SMILES string of the molecule is O=C(N/N=C\c1ccc(Cl)cc1)c1ccc2ccccc2c1. The first-order chi connectivity index (χ1) is 10.7. The molecule has 0 aromatic heterocycles. The summed E-state index contributed by atoms with van der Waals surface area (Å²) in [6, 6.07) is 20.7. The number of halogens is 1. The molecule has 0 fully saturated rings. The normalized spacial score (nSPS) is 11.0. The maximum Gasteiger partial charge on any atom is 0.271 e. The van der Waals surface area contributed by atoms with Gasteiger partial charge in [-0.15, -0.1) is 0 Å². The van der Waals surface area contributed by atoms with E-state index in [0.717, 1.165) is 16.3 Å². The molecular formula is C18H13ClN2O. The zero-order valence-corrected chi connectivity index (χ0v) is 12.4. The lowest BCUT2D eigenvalue weighted by molar-refractivity contribution is 0.0955. The third kappa shape index (κ3) is 3.32. The average Bonchev–Trinajstić information content (AvgIpc) is 2.56. The van der Waals surface area contributed by atoms with E-state index in [4.69, 9.17) is 11.6 Å². The number of fused-ring (bicyclic) bond motifs is 1. The molecule has 0 bridgehead atoms. The van der Waals surface area contributed by atoms with Gasteiger partial charge in [-0.05, 0) is 40.6 Å². The van der Waals surface area contributed by atoms with Crippen LogP contribution < -0.4 is 5.43 Å². The minimum absolute atomic E-state index is 0.240. The molecule has 3 nitrogen and oxygen atoms in total. The molecule has 0 aliphatic rings. The van der Waals surface area contributed by atoms with Crippen molar-refractivity contribution in [2.24, 2.45) is 5.10 Å². The van der Waals surface area contributed by atoms with Crippen LogP contribution in [-0.4, -0.2) is 12.1 Å². The van der Waals surface area contributed by atoms with Crippen LogP contribution in [0.15, 0.2) is 71.8 Å². The van der Waals surface area contributed by atoms with Crippen LogP contribution in [0.4, 0.5) is 0 Å². The molecule has 22 heavy (non-hydrogen) atoms. The molecule has 4 heteroatoms. The smallest absolute Gasteiger partial charge is 0.267 e. The van der Waals surface area contributed by atoms with Crippen molar-refractivity contribution in [3.05, 3.63) is 82.9 Å². The summed E-state index contributed by atoms with van der Waals surface area (Å²) in [5.41, 5.74) is 3.96. The molecule has 0 spiro atoms. The Morgan fingerprint density at radius 3 is 2.45 bits per heavy atom. The number of nitrogens with zero attached hydrogens (tertiary/aromatic N) is 1. The third-order valence-corrected chi connectivity index (χ3v) is 3.51. The van der Waals surface area contributed by atoms with E-state index in [0.29, 0.717) is 10.6 Å². The highest BCUT2D eigenvalue weighted by Crippen LogP contribution is 2.15. The lowest BCUT2D eigenvalue weighted by Gasteiger charge is -2.02. The number of rotatable bonds is 3. The number of hydrogen-bond acceptors (Lipinski definition) is 2. The van der Waals surface area contributed by atoms with Crippen molar-refractivity contribution >= 4 is 34.5 Å². The number of benzene rings is 3. The summed E-state index contributed by atoms with van der Waals surface area (Å²) < 4.78 is 0. The van der Waals surface area contributed by atoms with Gasteiger partial charge in [-0.25, -0.2) is 5.43 Å². The molecule has 1 amide bonds. The van der Waals surface area contributed by atoms with E-state index in [-0.39, 0.29) is 5.91 Å². The molecule has 3 rings (SSSR count). The van der Waals surface area contributed by atoms with Crippen LogP contribution >= 0.6 is 11.6 Å². The van der Waals surface area contributed by atoms with Crippen LogP contribution in [0.5, 0.6) is 0 Å². The second kappa shape index (κ2) is 6.41. The number of carbonyl (C=O) groups excluding carboxylic acids is 1. The summed E-state index contributed by atoms with van der Waals surface area (Å²) in [6.07, 6.45) is 1.58. The second-order valence-corrected chi connectivity index (χ2v) is 5.25. The minimum atomic E-state index is -0.240. The molecule has 1 N–H and O–H groups in total. The van der Waals surface area contributed by atoms with Crippen LogP contribution in [0.1, 0.15) is 15.9 Å². The first kappa shape index (κ1) is 14.3. The van der Waals surface area contributed by atoms with Crippen molar-refractivity contribution in [2.75, 3.05) is 0 Å². The third-order valence-electron chi connectivity index (χ3n) is 3.26. The van der Waals surface area contributed by atoms with Gasteiger partial charge in [-0.1, -0.05) is 54.1 Å². The van der Waals surface area contributed by atoms with E-state index in [1.807, 2.05) is 48.5 Å². The Balaban J connectivity index is 1.71. The van der Waals surface area contributed by atoms with Gasteiger partial charge >= 0.3 is 0 Å². The van der Waals surface area contributed by atoms with Gasteiger partial charge in [0.1, 0.15) is 0 Å². The van der Waals surface area contributed by atoms with E-state index in [1.54, 1.807) is 24.4 Å². The van der Waals surface area contributed by atoms with E-state index in [2.05, 4.69) is 10.5 Å². The highest BCUT2D eigenvalue weighted by Gasteiger charge is 2.04. The Morgan fingerprint density at radius 2 is 1.68 bits per heavy atom. The van der Waals surface area contributed by atoms with Crippen molar-refractivity contribution < 1.29 is 4.79 Å². The fourth-order valence-corrected chi connectivity index (χ4v) is 2.24. The minimum Gasteiger partial charge on any atom is -0.267 e. The molecule has 0 unspecified atom stereocenters. The molecule has 0 heterocycles. The zero-order valence-electron chi connectivity index (χ0n) is 11.7. The van der Waals surface area contributed by atoms with Gasteiger partial charge in [0.2, 0.25) is 0 Å². The topological polar surface area (TPSA) is 41.5 Å². The molecule has 0 aliphatic heterocycles. The average molecular weight is 309 g/mol. The summed E-state index contributed by atoms with van der Waals surface area (Å²) in [6.45, 7) is 0. The Kier molecular flexibility index (Phi) is 4.17. The molecule has 0 atom stereocenters. The van der Waals surface area contributed by atoms with E-state index < -0.39 is 0 Å². The largest absolute Gasteiger partial charge is 0.271 e. The first-order valence-corrected chi connectivity index (χ1v) is 7.18. The van der Waals surface area contributed by atoms with Gasteiger partial charge < -0.3 is 0 Å². The van der Waals surface area contributed by atoms with Crippen LogP contribution in [0.3, 0.4) is 0 Å². The molecule has 0 aliphatic carbocycles. The number of hydrazone groups is 1. The lowest BCUT2D eigenvalue weighted by Crippen LogP contribution is -2.17. The predicted octanol–water partition coefficient (Wildman–Crippen LogP) is 4.26. The van der Waals surface area contributed by atoms with Crippen LogP contribution in [0.2, 0.25) is 5.02 Å². The van der Waals surface area contributed by atoms with Gasteiger partial charge in [0, 0.05) is 10.6 Å². The fraction of sp³-hybridized carbons (Fsp3) is 0. The Labute approximate surface area is 133 Å². The van der Waals surface area contributed by atoms with Crippen molar-refractivity contribution in [3.63, 3.8) is 0 Å². The van der Waals surface area contributed by atoms with E-state index >= 15 is 0 Å². The highest BCUT2D eigenvalue weighted by atomic mass is 35.5. The van der Waals surface area contributed by atoms with Crippen molar-refractivity contribution in [1.82, 2.24) is 5.43 Å². The van der Waals surface area contributed by atoms with Crippen molar-refractivity contribution in [1.29, 1.82) is 0 Å².